The van der Waals surface area contributed by atoms with Crippen LogP contribution in [0.15, 0.2) is 54.6 Å². The Kier molecular flexibility index (Phi) is 8.04. The Morgan fingerprint density at radius 3 is 2.39 bits per heavy atom. The van der Waals surface area contributed by atoms with Gasteiger partial charge in [0, 0.05) is 6.04 Å². The third-order valence-electron chi connectivity index (χ3n) is 4.12. The second kappa shape index (κ2) is 10.7. The van der Waals surface area contributed by atoms with Gasteiger partial charge in [0.1, 0.15) is 5.75 Å². The van der Waals surface area contributed by atoms with Gasteiger partial charge < -0.3 is 14.8 Å². The number of hydrogen-bond acceptors (Lipinski definition) is 5. The fraction of sp³-hybridized carbons (Fsp3) is 0.318. The number of ether oxygens (including phenoxy) is 2. The van der Waals surface area contributed by atoms with Crippen molar-refractivity contribution in [3.63, 3.8) is 0 Å². The van der Waals surface area contributed by atoms with Gasteiger partial charge in [-0.15, -0.1) is 0 Å². The normalized spacial score (nSPS) is 12.3. The maximum Gasteiger partial charge on any atom is 0.344 e. The van der Waals surface area contributed by atoms with Gasteiger partial charge in [-0.1, -0.05) is 30.3 Å². The van der Waals surface area contributed by atoms with Crippen LogP contribution in [0.1, 0.15) is 31.4 Å². The number of esters is 1. The first-order valence-electron chi connectivity index (χ1n) is 9.14. The van der Waals surface area contributed by atoms with E-state index in [1.807, 2.05) is 43.3 Å². The fourth-order valence-electron chi connectivity index (χ4n) is 2.51. The summed E-state index contributed by atoms with van der Waals surface area (Å²) >= 11 is 0. The number of hydrogen-bond donors (Lipinski definition) is 1. The quantitative estimate of drug-likeness (QED) is 0.676. The Morgan fingerprint density at radius 2 is 1.75 bits per heavy atom. The Hall–Kier alpha value is -3.33. The summed E-state index contributed by atoms with van der Waals surface area (Å²) in [6.45, 7) is 3.13. The van der Waals surface area contributed by atoms with Crippen LogP contribution in [0.4, 0.5) is 0 Å². The lowest BCUT2D eigenvalue weighted by Gasteiger charge is -2.18. The molecule has 6 nitrogen and oxygen atoms in total. The lowest BCUT2D eigenvalue weighted by Crippen LogP contribution is -2.41. The van der Waals surface area contributed by atoms with Gasteiger partial charge in [0.2, 0.25) is 0 Å². The molecule has 0 bridgehead atoms. The summed E-state index contributed by atoms with van der Waals surface area (Å²) in [5.41, 5.74) is 1.71. The molecule has 0 unspecified atom stereocenters. The van der Waals surface area contributed by atoms with Crippen LogP contribution in [0.3, 0.4) is 0 Å². The highest BCUT2D eigenvalue weighted by atomic mass is 16.6. The highest BCUT2D eigenvalue weighted by Crippen LogP contribution is 2.11. The number of amides is 1. The van der Waals surface area contributed by atoms with Gasteiger partial charge in [0.15, 0.2) is 12.7 Å². The monoisotopic (exact) mass is 380 g/mol. The highest BCUT2D eigenvalue weighted by molar-refractivity contribution is 5.83. The molecule has 1 N–H and O–H groups in total. The molecule has 0 aromatic heterocycles. The van der Waals surface area contributed by atoms with Crippen LogP contribution in [0.5, 0.6) is 5.75 Å². The Bertz CT molecular complexity index is 813. The van der Waals surface area contributed by atoms with E-state index in [2.05, 4.69) is 5.32 Å². The van der Waals surface area contributed by atoms with E-state index in [4.69, 9.17) is 14.7 Å². The summed E-state index contributed by atoms with van der Waals surface area (Å²) in [6, 6.07) is 18.4. The number of aryl methyl sites for hydroxylation is 1. The number of carbonyl (C=O) groups is 2. The Balaban J connectivity index is 1.69. The first kappa shape index (κ1) is 21.0. The molecule has 0 saturated heterocycles. The van der Waals surface area contributed by atoms with Crippen molar-refractivity contribution in [2.24, 2.45) is 0 Å². The van der Waals surface area contributed by atoms with Crippen molar-refractivity contribution in [2.75, 3.05) is 6.61 Å². The molecule has 2 rings (SSSR count). The van der Waals surface area contributed by atoms with Gasteiger partial charge in [0.25, 0.3) is 5.91 Å². The molecule has 0 aliphatic rings. The van der Waals surface area contributed by atoms with E-state index in [0.717, 1.165) is 12.8 Å². The summed E-state index contributed by atoms with van der Waals surface area (Å²) < 4.78 is 10.4. The lowest BCUT2D eigenvalue weighted by atomic mass is 10.1. The maximum atomic E-state index is 12.2. The number of nitriles is 1. The van der Waals surface area contributed by atoms with Gasteiger partial charge in [0.05, 0.1) is 11.6 Å². The molecule has 0 radical (unpaired) electrons. The molecule has 2 atom stereocenters. The number of nitrogens with zero attached hydrogens (tertiary/aromatic N) is 1. The van der Waals surface area contributed by atoms with Crippen LogP contribution in [0, 0.1) is 11.3 Å². The molecular weight excluding hydrogens is 356 g/mol. The molecule has 2 aromatic carbocycles. The lowest BCUT2D eigenvalue weighted by molar-refractivity contribution is -0.156. The standard InChI is InChI=1S/C22H24N2O4/c1-16(8-9-18-6-4-3-5-7-18)24-22(26)17(2)28-21(25)15-27-20-12-10-19(14-23)11-13-20/h3-7,10-13,16-17H,8-9,15H2,1-2H3,(H,24,26)/t16-,17+/m1/s1. The summed E-state index contributed by atoms with van der Waals surface area (Å²) in [6.07, 6.45) is 0.740. The van der Waals surface area contributed by atoms with Gasteiger partial charge in [-0.05, 0) is 56.5 Å². The molecule has 1 amide bonds. The van der Waals surface area contributed by atoms with E-state index in [1.54, 1.807) is 24.3 Å². The molecule has 0 saturated carbocycles. The third kappa shape index (κ3) is 7.12. The number of carbonyl (C=O) groups excluding carboxylic acids is 2. The van der Waals surface area contributed by atoms with Crippen molar-refractivity contribution in [1.29, 1.82) is 5.26 Å². The number of benzene rings is 2. The van der Waals surface area contributed by atoms with Crippen LogP contribution in [0.25, 0.3) is 0 Å². The first-order chi connectivity index (χ1) is 13.5. The molecular formula is C22H24N2O4. The van der Waals surface area contributed by atoms with E-state index >= 15 is 0 Å². The third-order valence-corrected chi connectivity index (χ3v) is 4.12. The van der Waals surface area contributed by atoms with E-state index < -0.39 is 12.1 Å². The van der Waals surface area contributed by atoms with Crippen molar-refractivity contribution in [3.05, 3.63) is 65.7 Å². The van der Waals surface area contributed by atoms with Crippen LogP contribution >= 0.6 is 0 Å². The van der Waals surface area contributed by atoms with Gasteiger partial charge >= 0.3 is 5.97 Å². The smallest absolute Gasteiger partial charge is 0.344 e. The second-order valence-electron chi connectivity index (χ2n) is 6.49. The molecule has 146 valence electrons. The topological polar surface area (TPSA) is 88.4 Å². The zero-order valence-electron chi connectivity index (χ0n) is 16.1. The van der Waals surface area contributed by atoms with Crippen molar-refractivity contribution < 1.29 is 19.1 Å². The maximum absolute atomic E-state index is 12.2. The van der Waals surface area contributed by atoms with Crippen molar-refractivity contribution in [3.8, 4) is 11.8 Å². The summed E-state index contributed by atoms with van der Waals surface area (Å²) in [7, 11) is 0. The van der Waals surface area contributed by atoms with Crippen molar-refractivity contribution >= 4 is 11.9 Å². The van der Waals surface area contributed by atoms with E-state index in [9.17, 15) is 9.59 Å². The van der Waals surface area contributed by atoms with Crippen molar-refractivity contribution in [1.82, 2.24) is 5.32 Å². The largest absolute Gasteiger partial charge is 0.482 e. The van der Waals surface area contributed by atoms with E-state index in [0.29, 0.717) is 11.3 Å². The average molecular weight is 380 g/mol. The molecule has 0 aliphatic heterocycles. The zero-order valence-corrected chi connectivity index (χ0v) is 16.1. The fourth-order valence-corrected chi connectivity index (χ4v) is 2.51. The van der Waals surface area contributed by atoms with Crippen LogP contribution in [-0.2, 0) is 20.7 Å². The minimum absolute atomic E-state index is 0.0382. The average Bonchev–Trinajstić information content (AvgIpc) is 2.71. The molecule has 0 aliphatic carbocycles. The molecule has 28 heavy (non-hydrogen) atoms. The summed E-state index contributed by atoms with van der Waals surface area (Å²) in [5, 5.41) is 11.6. The Labute approximate surface area is 165 Å². The SMILES string of the molecule is C[C@H](CCc1ccccc1)NC(=O)[C@H](C)OC(=O)COc1ccc(C#N)cc1. The molecule has 6 heteroatoms. The molecule has 0 fully saturated rings. The number of rotatable bonds is 9. The zero-order chi connectivity index (χ0) is 20.4. The van der Waals surface area contributed by atoms with E-state index in [-0.39, 0.29) is 18.6 Å². The predicted octanol–water partition coefficient (Wildman–Crippen LogP) is 3.01. The summed E-state index contributed by atoms with van der Waals surface area (Å²) in [4.78, 5) is 24.1. The number of nitrogens with one attached hydrogen (secondary N) is 1. The molecule has 2 aromatic rings. The minimum atomic E-state index is -0.906. The molecule has 0 spiro atoms. The predicted molar refractivity (Wildman–Crippen MR) is 105 cm³/mol. The van der Waals surface area contributed by atoms with Crippen LogP contribution in [-0.4, -0.2) is 30.6 Å². The van der Waals surface area contributed by atoms with Crippen molar-refractivity contribution in [2.45, 2.75) is 38.8 Å². The van der Waals surface area contributed by atoms with Gasteiger partial charge in [-0.2, -0.15) is 5.26 Å². The van der Waals surface area contributed by atoms with Crippen LogP contribution < -0.4 is 10.1 Å². The van der Waals surface area contributed by atoms with Crippen LogP contribution in [0.2, 0.25) is 0 Å². The molecule has 0 heterocycles. The summed E-state index contributed by atoms with van der Waals surface area (Å²) in [5.74, 6) is -0.529. The minimum Gasteiger partial charge on any atom is -0.482 e. The Morgan fingerprint density at radius 1 is 1.07 bits per heavy atom. The van der Waals surface area contributed by atoms with E-state index in [1.165, 1.54) is 12.5 Å². The van der Waals surface area contributed by atoms with Gasteiger partial charge in [-0.25, -0.2) is 4.79 Å². The first-order valence-corrected chi connectivity index (χ1v) is 9.14. The second-order valence-corrected chi connectivity index (χ2v) is 6.49. The highest BCUT2D eigenvalue weighted by Gasteiger charge is 2.19. The van der Waals surface area contributed by atoms with Gasteiger partial charge in [-0.3, -0.25) is 4.79 Å².